The van der Waals surface area contributed by atoms with Crippen LogP contribution < -0.4 is 0 Å². The standard InChI is InChI=1S/C52H44N2/c1-29-15-13-16-30(2)43(29)33-23-25-39-35(27-33)45-47-50-46(48-49(45)53(39)41-21-11-9-19-37(41)52(48,7)8)36-28-34(44-31(3)17-14-18-32(44)4)24-26-40(36)54(50)42-22-12-10-20-38(42)51(47,5)6/h9-28H,1-8H3. The fourth-order valence-electron chi connectivity index (χ4n) is 11.0. The predicted octanol–water partition coefficient (Wildman–Crippen LogP) is 13.7. The average Bonchev–Trinajstić information content (AvgIpc) is 3.66. The van der Waals surface area contributed by atoms with Crippen LogP contribution in [0.15, 0.2) is 121 Å². The molecule has 2 aliphatic rings. The molecule has 0 saturated carbocycles. The zero-order chi connectivity index (χ0) is 37.0. The van der Waals surface area contributed by atoms with Crippen LogP contribution in [0.25, 0.3) is 77.2 Å². The van der Waals surface area contributed by atoms with Gasteiger partial charge in [-0.2, -0.15) is 0 Å². The van der Waals surface area contributed by atoms with Crippen molar-refractivity contribution >= 4 is 43.6 Å². The van der Waals surface area contributed by atoms with Crippen molar-refractivity contribution < 1.29 is 0 Å². The number of benzene rings is 7. The monoisotopic (exact) mass is 696 g/mol. The minimum atomic E-state index is -0.262. The predicted molar refractivity (Wildman–Crippen MR) is 229 cm³/mol. The molecule has 4 heterocycles. The molecule has 11 rings (SSSR count). The highest BCUT2D eigenvalue weighted by molar-refractivity contribution is 6.26. The molecule has 2 nitrogen and oxygen atoms in total. The molecule has 54 heavy (non-hydrogen) atoms. The van der Waals surface area contributed by atoms with E-state index >= 15 is 0 Å². The van der Waals surface area contributed by atoms with E-state index in [1.165, 1.54) is 122 Å². The van der Waals surface area contributed by atoms with E-state index in [4.69, 9.17) is 0 Å². The summed E-state index contributed by atoms with van der Waals surface area (Å²) < 4.78 is 5.25. The lowest BCUT2D eigenvalue weighted by atomic mass is 9.68. The van der Waals surface area contributed by atoms with Crippen molar-refractivity contribution in [1.82, 2.24) is 9.13 Å². The Bertz CT molecular complexity index is 2890. The van der Waals surface area contributed by atoms with Gasteiger partial charge in [-0.3, -0.25) is 0 Å². The second-order valence-corrected chi connectivity index (χ2v) is 17.1. The summed E-state index contributed by atoms with van der Waals surface area (Å²) in [5.41, 5.74) is 23.4. The third kappa shape index (κ3) is 3.76. The van der Waals surface area contributed by atoms with E-state index in [2.05, 4.69) is 186 Å². The van der Waals surface area contributed by atoms with Crippen molar-refractivity contribution in [3.05, 3.63) is 166 Å². The number of nitrogens with zero attached hydrogens (tertiary/aromatic N) is 2. The Hall–Kier alpha value is -5.86. The number of hydrogen-bond donors (Lipinski definition) is 0. The summed E-state index contributed by atoms with van der Waals surface area (Å²) in [7, 11) is 0. The first-order chi connectivity index (χ1) is 26.0. The minimum absolute atomic E-state index is 0.262. The smallest absolute Gasteiger partial charge is 0.0592 e. The first-order valence-corrected chi connectivity index (χ1v) is 19.5. The van der Waals surface area contributed by atoms with E-state index in [0.717, 1.165) is 0 Å². The molecule has 0 amide bonds. The van der Waals surface area contributed by atoms with E-state index in [0.29, 0.717) is 0 Å². The van der Waals surface area contributed by atoms with Crippen LogP contribution in [0.1, 0.15) is 72.2 Å². The van der Waals surface area contributed by atoms with Crippen LogP contribution in [0.3, 0.4) is 0 Å². The highest BCUT2D eigenvalue weighted by Crippen LogP contribution is 2.59. The molecule has 0 saturated heterocycles. The number of rotatable bonds is 2. The lowest BCUT2D eigenvalue weighted by molar-refractivity contribution is 0.626. The van der Waals surface area contributed by atoms with Gasteiger partial charge in [0.05, 0.1) is 33.4 Å². The molecule has 0 bridgehead atoms. The highest BCUT2D eigenvalue weighted by atomic mass is 15.0. The molecule has 0 atom stereocenters. The fourth-order valence-corrected chi connectivity index (χ4v) is 11.0. The zero-order valence-electron chi connectivity index (χ0n) is 32.4. The molecule has 7 aromatic carbocycles. The molecule has 0 fully saturated rings. The van der Waals surface area contributed by atoms with E-state index < -0.39 is 0 Å². The van der Waals surface area contributed by atoms with Gasteiger partial charge in [0, 0.05) is 32.4 Å². The Balaban J connectivity index is 1.43. The summed E-state index contributed by atoms with van der Waals surface area (Å²) >= 11 is 0. The first-order valence-electron chi connectivity index (χ1n) is 19.5. The summed E-state index contributed by atoms with van der Waals surface area (Å²) in [5.74, 6) is 0. The Morgan fingerprint density at radius 3 is 1.17 bits per heavy atom. The number of para-hydroxylation sites is 2. The molecule has 2 heteroatoms. The third-order valence-corrected chi connectivity index (χ3v) is 13.3. The molecule has 2 aliphatic heterocycles. The normalized spacial score (nSPS) is 15.0. The molecule has 0 unspecified atom stereocenters. The van der Waals surface area contributed by atoms with Crippen molar-refractivity contribution in [2.45, 2.75) is 66.2 Å². The molecular formula is C52H44N2. The van der Waals surface area contributed by atoms with Crippen LogP contribution in [0.4, 0.5) is 0 Å². The largest absolute Gasteiger partial charge is 0.309 e. The van der Waals surface area contributed by atoms with Crippen LogP contribution in [-0.2, 0) is 10.8 Å². The molecule has 9 aromatic rings. The number of aromatic nitrogens is 2. The van der Waals surface area contributed by atoms with Crippen molar-refractivity contribution in [1.29, 1.82) is 0 Å². The van der Waals surface area contributed by atoms with E-state index in [1.807, 2.05) is 0 Å². The number of aryl methyl sites for hydroxylation is 4. The third-order valence-electron chi connectivity index (χ3n) is 13.3. The van der Waals surface area contributed by atoms with Gasteiger partial charge in [0.1, 0.15) is 0 Å². The first kappa shape index (κ1) is 31.6. The molecule has 0 radical (unpaired) electrons. The molecule has 0 spiro atoms. The van der Waals surface area contributed by atoms with Crippen LogP contribution in [0.2, 0.25) is 0 Å². The second kappa shape index (κ2) is 10.4. The van der Waals surface area contributed by atoms with Crippen LogP contribution >= 0.6 is 0 Å². The summed E-state index contributed by atoms with van der Waals surface area (Å²) in [6.45, 7) is 18.9. The lowest BCUT2D eigenvalue weighted by Crippen LogP contribution is -2.30. The van der Waals surface area contributed by atoms with Gasteiger partial charge >= 0.3 is 0 Å². The van der Waals surface area contributed by atoms with Crippen molar-refractivity contribution in [2.24, 2.45) is 0 Å². The Labute approximate surface area is 317 Å². The van der Waals surface area contributed by atoms with Crippen LogP contribution in [-0.4, -0.2) is 9.13 Å². The second-order valence-electron chi connectivity index (χ2n) is 17.1. The van der Waals surface area contributed by atoms with Gasteiger partial charge in [0.2, 0.25) is 0 Å². The maximum atomic E-state index is 2.63. The van der Waals surface area contributed by atoms with Crippen LogP contribution in [0, 0.1) is 27.7 Å². The van der Waals surface area contributed by atoms with Gasteiger partial charge in [0.15, 0.2) is 0 Å². The molecule has 2 aromatic heterocycles. The van der Waals surface area contributed by atoms with E-state index in [1.54, 1.807) is 0 Å². The molecular weight excluding hydrogens is 653 g/mol. The fraction of sp³-hybridized carbons (Fsp3) is 0.192. The van der Waals surface area contributed by atoms with Crippen molar-refractivity contribution in [2.75, 3.05) is 0 Å². The zero-order valence-corrected chi connectivity index (χ0v) is 32.4. The van der Waals surface area contributed by atoms with Gasteiger partial charge in [0.25, 0.3) is 0 Å². The van der Waals surface area contributed by atoms with Crippen LogP contribution in [0.5, 0.6) is 0 Å². The Morgan fingerprint density at radius 1 is 0.407 bits per heavy atom. The topological polar surface area (TPSA) is 9.86 Å². The quantitative estimate of drug-likeness (QED) is 0.170. The Kier molecular flexibility index (Phi) is 6.11. The van der Waals surface area contributed by atoms with Crippen molar-refractivity contribution in [3.63, 3.8) is 0 Å². The summed E-state index contributed by atoms with van der Waals surface area (Å²) in [5, 5.41) is 5.44. The summed E-state index contributed by atoms with van der Waals surface area (Å²) in [6.07, 6.45) is 0. The van der Waals surface area contributed by atoms with E-state index in [9.17, 15) is 0 Å². The van der Waals surface area contributed by atoms with Crippen molar-refractivity contribution in [3.8, 4) is 33.6 Å². The van der Waals surface area contributed by atoms with Gasteiger partial charge in [-0.15, -0.1) is 0 Å². The number of fused-ring (bicyclic) bond motifs is 12. The Morgan fingerprint density at radius 2 is 0.778 bits per heavy atom. The summed E-state index contributed by atoms with van der Waals surface area (Å²) in [6, 6.07) is 46.2. The minimum Gasteiger partial charge on any atom is -0.309 e. The number of hydrogen-bond acceptors (Lipinski definition) is 0. The molecule has 262 valence electrons. The highest BCUT2D eigenvalue weighted by Gasteiger charge is 2.44. The summed E-state index contributed by atoms with van der Waals surface area (Å²) in [4.78, 5) is 0. The maximum absolute atomic E-state index is 2.63. The SMILES string of the molecule is Cc1cccc(C)c1-c1ccc2c(c1)c1c3c4c(c5c1n2-c1ccccc1C5(C)C)c1cc(-c2c(C)cccc2C)ccc1n4-c1ccccc1C3(C)C. The molecule has 0 aliphatic carbocycles. The van der Waals surface area contributed by atoms with Gasteiger partial charge in [-0.05, 0) is 131 Å². The van der Waals surface area contributed by atoms with Gasteiger partial charge in [-0.1, -0.05) is 113 Å². The van der Waals surface area contributed by atoms with Gasteiger partial charge in [-0.25, -0.2) is 0 Å². The lowest BCUT2D eigenvalue weighted by Gasteiger charge is -2.39. The molecule has 0 N–H and O–H groups in total. The maximum Gasteiger partial charge on any atom is 0.0592 e. The average molecular weight is 697 g/mol. The van der Waals surface area contributed by atoms with E-state index in [-0.39, 0.29) is 10.8 Å². The van der Waals surface area contributed by atoms with Gasteiger partial charge < -0.3 is 9.13 Å².